The van der Waals surface area contributed by atoms with Gasteiger partial charge in [0.2, 0.25) is 5.66 Å². The maximum atomic E-state index is 14.5. The lowest BCUT2D eigenvalue weighted by atomic mass is 9.95. The molecule has 0 radical (unpaired) electrons. The molecule has 4 aromatic rings. The van der Waals surface area contributed by atoms with E-state index in [0.717, 1.165) is 40.8 Å². The molecule has 31 heavy (non-hydrogen) atoms. The van der Waals surface area contributed by atoms with Crippen LogP contribution >= 0.6 is 0 Å². The maximum absolute atomic E-state index is 14.5. The van der Waals surface area contributed by atoms with Gasteiger partial charge in [0.05, 0.1) is 16.7 Å². The van der Waals surface area contributed by atoms with E-state index in [-0.39, 0.29) is 11.7 Å². The monoisotopic (exact) mass is 412 g/mol. The SMILES string of the molecule is CCCCN1C(=O)C2(Nc3ccccc3-c3nc4ccccc4n32)c2cc(F)ccc21. The average molecular weight is 412 g/mol. The van der Waals surface area contributed by atoms with Gasteiger partial charge in [0.1, 0.15) is 11.6 Å². The van der Waals surface area contributed by atoms with E-state index in [4.69, 9.17) is 4.98 Å². The van der Waals surface area contributed by atoms with E-state index >= 15 is 0 Å². The number of aromatic nitrogens is 2. The van der Waals surface area contributed by atoms with Gasteiger partial charge in [-0.3, -0.25) is 9.36 Å². The first-order valence-corrected chi connectivity index (χ1v) is 10.6. The van der Waals surface area contributed by atoms with Gasteiger partial charge in [0, 0.05) is 23.4 Å². The Morgan fingerprint density at radius 3 is 2.74 bits per heavy atom. The van der Waals surface area contributed by atoms with Crippen LogP contribution in [0, 0.1) is 5.82 Å². The van der Waals surface area contributed by atoms with Crippen LogP contribution in [-0.4, -0.2) is 22.0 Å². The molecule has 1 aromatic heterocycles. The molecule has 2 aliphatic rings. The second kappa shape index (κ2) is 6.41. The Labute approximate surface area is 179 Å². The predicted molar refractivity (Wildman–Crippen MR) is 120 cm³/mol. The molecule has 0 aliphatic carbocycles. The van der Waals surface area contributed by atoms with E-state index in [1.807, 2.05) is 53.1 Å². The molecule has 1 unspecified atom stereocenters. The number of amides is 1. The zero-order valence-electron chi connectivity index (χ0n) is 17.1. The van der Waals surface area contributed by atoms with Gasteiger partial charge in [-0.15, -0.1) is 0 Å². The van der Waals surface area contributed by atoms with Crippen LogP contribution in [0.5, 0.6) is 0 Å². The summed E-state index contributed by atoms with van der Waals surface area (Å²) in [6, 6.07) is 20.2. The van der Waals surface area contributed by atoms with E-state index in [0.29, 0.717) is 17.9 Å². The molecule has 0 bridgehead atoms. The number of anilines is 2. The number of fused-ring (bicyclic) bond motifs is 8. The number of nitrogens with one attached hydrogen (secondary N) is 1. The van der Waals surface area contributed by atoms with Gasteiger partial charge in [-0.1, -0.05) is 37.6 Å². The number of hydrogen-bond acceptors (Lipinski definition) is 3. The van der Waals surface area contributed by atoms with Crippen LogP contribution in [0.15, 0.2) is 66.7 Å². The largest absolute Gasteiger partial charge is 0.350 e. The van der Waals surface area contributed by atoms with Gasteiger partial charge in [-0.05, 0) is 48.9 Å². The van der Waals surface area contributed by atoms with Crippen LogP contribution in [0.3, 0.4) is 0 Å². The topological polar surface area (TPSA) is 50.2 Å². The van der Waals surface area contributed by atoms with Crippen LogP contribution < -0.4 is 10.2 Å². The molecule has 3 aromatic carbocycles. The van der Waals surface area contributed by atoms with Gasteiger partial charge >= 0.3 is 0 Å². The molecule has 0 fully saturated rings. The highest BCUT2D eigenvalue weighted by Crippen LogP contribution is 2.50. The highest BCUT2D eigenvalue weighted by molar-refractivity contribution is 6.12. The molecular formula is C25H21FN4O. The first kappa shape index (κ1) is 18.1. The average Bonchev–Trinajstić information content (AvgIpc) is 3.28. The van der Waals surface area contributed by atoms with Crippen LogP contribution in [-0.2, 0) is 10.5 Å². The van der Waals surface area contributed by atoms with E-state index in [1.165, 1.54) is 12.1 Å². The van der Waals surface area contributed by atoms with E-state index < -0.39 is 5.66 Å². The molecule has 3 heterocycles. The third-order valence-corrected chi connectivity index (χ3v) is 6.31. The highest BCUT2D eigenvalue weighted by atomic mass is 19.1. The second-order valence-electron chi connectivity index (χ2n) is 8.11. The van der Waals surface area contributed by atoms with Crippen molar-refractivity contribution < 1.29 is 9.18 Å². The Balaban J connectivity index is 1.72. The number of carbonyl (C=O) groups excluding carboxylic acids is 1. The number of imidazole rings is 1. The van der Waals surface area contributed by atoms with Crippen molar-refractivity contribution in [2.75, 3.05) is 16.8 Å². The summed E-state index contributed by atoms with van der Waals surface area (Å²) in [6.07, 6.45) is 1.83. The zero-order valence-corrected chi connectivity index (χ0v) is 17.1. The van der Waals surface area contributed by atoms with Gasteiger partial charge in [0.15, 0.2) is 0 Å². The van der Waals surface area contributed by atoms with Crippen molar-refractivity contribution in [2.45, 2.75) is 25.4 Å². The van der Waals surface area contributed by atoms with Crippen molar-refractivity contribution in [3.05, 3.63) is 78.1 Å². The van der Waals surface area contributed by atoms with Crippen LogP contribution in [0.4, 0.5) is 15.8 Å². The lowest BCUT2D eigenvalue weighted by Crippen LogP contribution is -2.53. The summed E-state index contributed by atoms with van der Waals surface area (Å²) in [6.45, 7) is 2.68. The molecule has 1 atom stereocenters. The normalized spacial score (nSPS) is 18.8. The quantitative estimate of drug-likeness (QED) is 0.508. The molecule has 154 valence electrons. The van der Waals surface area contributed by atoms with Crippen LogP contribution in [0.2, 0.25) is 0 Å². The molecule has 0 saturated carbocycles. The lowest BCUT2D eigenvalue weighted by molar-refractivity contribution is -0.123. The number of carbonyl (C=O) groups is 1. The van der Waals surface area contributed by atoms with Gasteiger partial charge in [-0.2, -0.15) is 0 Å². The third-order valence-electron chi connectivity index (χ3n) is 6.31. The number of benzene rings is 3. The van der Waals surface area contributed by atoms with Gasteiger partial charge in [-0.25, -0.2) is 9.37 Å². The molecule has 1 spiro atoms. The Kier molecular flexibility index (Phi) is 3.75. The van der Waals surface area contributed by atoms with Crippen molar-refractivity contribution >= 4 is 28.3 Å². The Hall–Kier alpha value is -3.67. The molecule has 6 rings (SSSR count). The van der Waals surface area contributed by atoms with Crippen molar-refractivity contribution in [1.82, 2.24) is 9.55 Å². The van der Waals surface area contributed by atoms with Gasteiger partial charge < -0.3 is 10.2 Å². The number of hydrogen-bond donors (Lipinski definition) is 1. The van der Waals surface area contributed by atoms with Crippen molar-refractivity contribution in [3.8, 4) is 11.4 Å². The first-order valence-electron chi connectivity index (χ1n) is 10.6. The van der Waals surface area contributed by atoms with Crippen molar-refractivity contribution in [3.63, 3.8) is 0 Å². The fourth-order valence-electron chi connectivity index (χ4n) is 4.91. The molecule has 0 saturated heterocycles. The van der Waals surface area contributed by atoms with Gasteiger partial charge in [0.25, 0.3) is 5.91 Å². The first-order chi connectivity index (χ1) is 15.1. The van der Waals surface area contributed by atoms with E-state index in [2.05, 4.69) is 12.2 Å². The summed E-state index contributed by atoms with van der Waals surface area (Å²) >= 11 is 0. The number of halogens is 1. The maximum Gasteiger partial charge on any atom is 0.279 e. The molecule has 1 N–H and O–H groups in total. The molecule has 1 amide bonds. The second-order valence-corrected chi connectivity index (χ2v) is 8.11. The predicted octanol–water partition coefficient (Wildman–Crippen LogP) is 5.12. The van der Waals surface area contributed by atoms with Crippen molar-refractivity contribution in [2.24, 2.45) is 0 Å². The summed E-state index contributed by atoms with van der Waals surface area (Å²) in [5, 5.41) is 3.51. The Bertz CT molecular complexity index is 1360. The number of nitrogens with zero attached hydrogens (tertiary/aromatic N) is 3. The number of rotatable bonds is 3. The van der Waals surface area contributed by atoms with Crippen LogP contribution in [0.1, 0.15) is 25.3 Å². The van der Waals surface area contributed by atoms with E-state index in [9.17, 15) is 9.18 Å². The molecule has 6 heteroatoms. The minimum atomic E-state index is -1.29. The Morgan fingerprint density at radius 1 is 1.06 bits per heavy atom. The Morgan fingerprint density at radius 2 is 1.87 bits per heavy atom. The number of para-hydroxylation sites is 3. The molecule has 5 nitrogen and oxygen atoms in total. The summed E-state index contributed by atoms with van der Waals surface area (Å²) in [5.74, 6) is 0.229. The fraction of sp³-hybridized carbons (Fsp3) is 0.200. The van der Waals surface area contributed by atoms with E-state index in [1.54, 1.807) is 11.0 Å². The minimum Gasteiger partial charge on any atom is -0.350 e. The zero-order chi connectivity index (χ0) is 21.2. The fourth-order valence-corrected chi connectivity index (χ4v) is 4.91. The summed E-state index contributed by atoms with van der Waals surface area (Å²) in [5.41, 5.74) is 3.44. The third kappa shape index (κ3) is 2.30. The summed E-state index contributed by atoms with van der Waals surface area (Å²) in [4.78, 5) is 20.8. The molecular weight excluding hydrogens is 391 g/mol. The van der Waals surface area contributed by atoms with Crippen molar-refractivity contribution in [1.29, 1.82) is 0 Å². The number of unbranched alkanes of at least 4 members (excludes halogenated alkanes) is 1. The van der Waals surface area contributed by atoms with Crippen LogP contribution in [0.25, 0.3) is 22.4 Å². The summed E-state index contributed by atoms with van der Waals surface area (Å²) in [7, 11) is 0. The smallest absolute Gasteiger partial charge is 0.279 e. The standard InChI is InChI=1S/C25H21FN4O/c1-2-3-14-29-21-13-12-16(26)15-18(21)25(24(29)31)28-19-9-5-4-8-17(19)23-27-20-10-6-7-11-22(20)30(23)25/h4-13,15,28H,2-3,14H2,1H3. The minimum absolute atomic E-state index is 0.111. The highest BCUT2D eigenvalue weighted by Gasteiger charge is 2.56. The lowest BCUT2D eigenvalue weighted by Gasteiger charge is -2.38. The summed E-state index contributed by atoms with van der Waals surface area (Å²) < 4.78 is 16.5. The molecule has 2 aliphatic heterocycles.